The molecule has 0 unspecified atom stereocenters. The number of halogens is 4. The molecule has 124 valence electrons. The number of anilines is 1. The first kappa shape index (κ1) is 18.4. The molecule has 9 heteroatoms. The monoisotopic (exact) mass is 340 g/mol. The smallest absolute Gasteiger partial charge is 0.416 e. The summed E-state index contributed by atoms with van der Waals surface area (Å²) in [7, 11) is 2.51. The van der Waals surface area contributed by atoms with E-state index in [1.807, 2.05) is 0 Å². The van der Waals surface area contributed by atoms with E-state index in [9.17, 15) is 18.0 Å². The van der Waals surface area contributed by atoms with Crippen molar-refractivity contribution in [1.29, 1.82) is 0 Å². The van der Waals surface area contributed by atoms with Gasteiger partial charge in [0.05, 0.1) is 19.3 Å². The van der Waals surface area contributed by atoms with Crippen molar-refractivity contribution in [3.05, 3.63) is 22.7 Å². The first-order chi connectivity index (χ1) is 10.1. The second-order valence-corrected chi connectivity index (χ2v) is 5.08. The standard InChI is InChI=1S/C13H16ClF3N2O3/c1-7-4-9(10(22-3)5-8(7)14)18-12(21)19(2)6-11(20)13(15,16)17/h4-5,11,20H,6H2,1-3H3,(H,18,21)/t11-/m0/s1. The van der Waals surface area contributed by atoms with Crippen molar-refractivity contribution in [3.8, 4) is 5.75 Å². The third kappa shape index (κ3) is 4.67. The van der Waals surface area contributed by atoms with Crippen LogP contribution in [0.4, 0.5) is 23.7 Å². The summed E-state index contributed by atoms with van der Waals surface area (Å²) in [6, 6.07) is 2.20. The van der Waals surface area contributed by atoms with Gasteiger partial charge in [0.1, 0.15) is 5.75 Å². The van der Waals surface area contributed by atoms with Crippen LogP contribution in [0.5, 0.6) is 5.75 Å². The maximum atomic E-state index is 12.3. The summed E-state index contributed by atoms with van der Waals surface area (Å²) in [5.74, 6) is 0.272. The minimum atomic E-state index is -4.79. The van der Waals surface area contributed by atoms with Crippen molar-refractivity contribution in [3.63, 3.8) is 0 Å². The summed E-state index contributed by atoms with van der Waals surface area (Å²) < 4.78 is 41.9. The van der Waals surface area contributed by atoms with Crippen LogP contribution in [0, 0.1) is 6.92 Å². The second kappa shape index (κ2) is 7.06. The Hall–Kier alpha value is -1.67. The molecule has 5 nitrogen and oxygen atoms in total. The van der Waals surface area contributed by atoms with Crippen molar-refractivity contribution in [1.82, 2.24) is 4.90 Å². The second-order valence-electron chi connectivity index (χ2n) is 4.67. The van der Waals surface area contributed by atoms with E-state index in [1.165, 1.54) is 19.2 Å². The van der Waals surface area contributed by atoms with Crippen LogP contribution in [0.3, 0.4) is 0 Å². The number of likely N-dealkylation sites (N-methyl/N-ethyl adjacent to an activating group) is 1. The Bertz CT molecular complexity index is 552. The normalized spacial score (nSPS) is 12.7. The number of ether oxygens (including phenoxy) is 1. The van der Waals surface area contributed by atoms with Crippen LogP contribution < -0.4 is 10.1 Å². The lowest BCUT2D eigenvalue weighted by atomic mass is 10.2. The molecule has 2 amide bonds. The van der Waals surface area contributed by atoms with E-state index >= 15 is 0 Å². The van der Waals surface area contributed by atoms with Gasteiger partial charge < -0.3 is 20.1 Å². The fourth-order valence-corrected chi connectivity index (χ4v) is 1.74. The van der Waals surface area contributed by atoms with Crippen LogP contribution >= 0.6 is 11.6 Å². The number of aliphatic hydroxyl groups is 1. The lowest BCUT2D eigenvalue weighted by molar-refractivity contribution is -0.205. The number of rotatable bonds is 4. The number of urea groups is 1. The zero-order valence-electron chi connectivity index (χ0n) is 12.2. The molecular weight excluding hydrogens is 325 g/mol. The van der Waals surface area contributed by atoms with Crippen molar-refractivity contribution < 1.29 is 27.8 Å². The fourth-order valence-electron chi connectivity index (χ4n) is 1.59. The number of nitrogens with zero attached hydrogens (tertiary/aromatic N) is 1. The Balaban J connectivity index is 2.82. The molecule has 22 heavy (non-hydrogen) atoms. The lowest BCUT2D eigenvalue weighted by Gasteiger charge is -2.23. The van der Waals surface area contributed by atoms with E-state index in [-0.39, 0.29) is 11.4 Å². The van der Waals surface area contributed by atoms with Crippen LogP contribution in [0.2, 0.25) is 5.02 Å². The largest absolute Gasteiger partial charge is 0.495 e. The molecule has 1 aromatic carbocycles. The Morgan fingerprint density at radius 2 is 2.09 bits per heavy atom. The number of amides is 2. The topological polar surface area (TPSA) is 61.8 Å². The highest BCUT2D eigenvalue weighted by molar-refractivity contribution is 6.31. The number of carbonyl (C=O) groups excluding carboxylic acids is 1. The van der Waals surface area contributed by atoms with Gasteiger partial charge in [-0.15, -0.1) is 0 Å². The molecule has 0 fully saturated rings. The van der Waals surface area contributed by atoms with Gasteiger partial charge >= 0.3 is 12.2 Å². The quantitative estimate of drug-likeness (QED) is 0.885. The van der Waals surface area contributed by atoms with Crippen LogP contribution in [0.15, 0.2) is 12.1 Å². The number of benzene rings is 1. The molecule has 0 spiro atoms. The SMILES string of the molecule is COc1cc(Cl)c(C)cc1NC(=O)N(C)C[C@H](O)C(F)(F)F. The molecule has 1 atom stereocenters. The van der Waals surface area contributed by atoms with Gasteiger partial charge in [0.25, 0.3) is 0 Å². The van der Waals surface area contributed by atoms with Crippen LogP contribution in [-0.4, -0.2) is 49.0 Å². The van der Waals surface area contributed by atoms with Crippen molar-refractivity contribution >= 4 is 23.3 Å². The molecule has 2 N–H and O–H groups in total. The molecule has 1 aromatic rings. The van der Waals surface area contributed by atoms with Gasteiger partial charge in [-0.25, -0.2) is 4.79 Å². The van der Waals surface area contributed by atoms with Gasteiger partial charge in [-0.1, -0.05) is 11.6 Å². The maximum absolute atomic E-state index is 12.3. The molecule has 0 bridgehead atoms. The molecular formula is C13H16ClF3N2O3. The highest BCUT2D eigenvalue weighted by Crippen LogP contribution is 2.31. The third-order valence-electron chi connectivity index (χ3n) is 2.89. The summed E-state index contributed by atoms with van der Waals surface area (Å²) in [6.07, 6.45) is -7.40. The summed E-state index contributed by atoms with van der Waals surface area (Å²) in [4.78, 5) is 12.6. The Labute approximate surface area is 130 Å². The minimum absolute atomic E-state index is 0.266. The Kier molecular flexibility index (Phi) is 5.90. The molecule has 0 saturated carbocycles. The van der Waals surface area contributed by atoms with Crippen molar-refractivity contribution in [2.75, 3.05) is 26.0 Å². The molecule has 0 radical (unpaired) electrons. The lowest BCUT2D eigenvalue weighted by Crippen LogP contribution is -2.43. The van der Waals surface area contributed by atoms with Gasteiger partial charge in [-0.3, -0.25) is 0 Å². The molecule has 0 aliphatic rings. The average molecular weight is 341 g/mol. The number of alkyl halides is 3. The molecule has 0 saturated heterocycles. The van der Waals surface area contributed by atoms with Gasteiger partial charge in [0.15, 0.2) is 6.10 Å². The van der Waals surface area contributed by atoms with Gasteiger partial charge in [0.2, 0.25) is 0 Å². The average Bonchev–Trinajstić information content (AvgIpc) is 2.41. The number of aryl methyl sites for hydroxylation is 1. The number of hydrogen-bond acceptors (Lipinski definition) is 3. The van der Waals surface area contributed by atoms with Crippen LogP contribution in [0.1, 0.15) is 5.56 Å². The zero-order valence-corrected chi connectivity index (χ0v) is 12.9. The third-order valence-corrected chi connectivity index (χ3v) is 3.30. The number of aliphatic hydroxyl groups excluding tert-OH is 1. The predicted molar refractivity (Wildman–Crippen MR) is 76.5 cm³/mol. The van der Waals surface area contributed by atoms with E-state index in [0.29, 0.717) is 10.6 Å². The number of carbonyl (C=O) groups is 1. The summed E-state index contributed by atoms with van der Waals surface area (Å²) >= 11 is 5.92. The zero-order chi connectivity index (χ0) is 17.1. The summed E-state index contributed by atoms with van der Waals surface area (Å²) in [5, 5.41) is 11.8. The summed E-state index contributed by atoms with van der Waals surface area (Å²) in [5.41, 5.74) is 0.929. The van der Waals surface area contributed by atoms with Gasteiger partial charge in [-0.05, 0) is 18.6 Å². The Morgan fingerprint density at radius 3 is 2.59 bits per heavy atom. The van der Waals surface area contributed by atoms with E-state index in [1.54, 1.807) is 6.92 Å². The maximum Gasteiger partial charge on any atom is 0.416 e. The van der Waals surface area contributed by atoms with E-state index in [0.717, 1.165) is 11.9 Å². The Morgan fingerprint density at radius 1 is 1.50 bits per heavy atom. The van der Waals surface area contributed by atoms with E-state index in [4.69, 9.17) is 21.4 Å². The van der Waals surface area contributed by atoms with Gasteiger partial charge in [0, 0.05) is 18.1 Å². The van der Waals surface area contributed by atoms with E-state index < -0.39 is 24.9 Å². The number of nitrogens with one attached hydrogen (secondary N) is 1. The highest BCUT2D eigenvalue weighted by Gasteiger charge is 2.39. The number of hydrogen-bond donors (Lipinski definition) is 2. The van der Waals surface area contributed by atoms with Crippen LogP contribution in [-0.2, 0) is 0 Å². The van der Waals surface area contributed by atoms with E-state index in [2.05, 4.69) is 5.32 Å². The predicted octanol–water partition coefficient (Wildman–Crippen LogP) is 3.04. The molecule has 0 aliphatic carbocycles. The molecule has 0 aromatic heterocycles. The fraction of sp³-hybridized carbons (Fsp3) is 0.462. The molecule has 1 rings (SSSR count). The van der Waals surface area contributed by atoms with Crippen LogP contribution in [0.25, 0.3) is 0 Å². The van der Waals surface area contributed by atoms with Gasteiger partial charge in [-0.2, -0.15) is 13.2 Å². The number of methoxy groups -OCH3 is 1. The minimum Gasteiger partial charge on any atom is -0.495 e. The summed E-state index contributed by atoms with van der Waals surface area (Å²) in [6.45, 7) is 0.818. The van der Waals surface area contributed by atoms with Crippen molar-refractivity contribution in [2.24, 2.45) is 0 Å². The molecule has 0 heterocycles. The first-order valence-corrected chi connectivity index (χ1v) is 6.55. The first-order valence-electron chi connectivity index (χ1n) is 6.17. The highest BCUT2D eigenvalue weighted by atomic mass is 35.5. The van der Waals surface area contributed by atoms with Crippen molar-refractivity contribution in [2.45, 2.75) is 19.2 Å². The molecule has 0 aliphatic heterocycles.